The zero-order valence-corrected chi connectivity index (χ0v) is 14.0. The smallest absolute Gasteiger partial charge is 0.338 e. The predicted molar refractivity (Wildman–Crippen MR) is 90.6 cm³/mol. The summed E-state index contributed by atoms with van der Waals surface area (Å²) in [7, 11) is 3.81. The number of hydrogen-bond donors (Lipinski definition) is 1. The molecule has 1 aromatic rings. The number of benzene rings is 1. The Balaban J connectivity index is 1.75. The molecular weight excluding hydrogens is 292 g/mol. The molecule has 0 radical (unpaired) electrons. The standard InChI is InChI=1S/C18H26N2O3/c1-20(2)16-10-6-9-15(11-16)18(22)23-13-17(21)19-12-14-7-4-3-5-8-14/h6,9-11,14H,3-5,7-8,12-13H2,1-2H3,(H,19,21). The molecular formula is C18H26N2O3. The van der Waals surface area contributed by atoms with Crippen LogP contribution < -0.4 is 10.2 Å². The van der Waals surface area contributed by atoms with Crippen molar-refractivity contribution in [2.75, 3.05) is 32.1 Å². The Labute approximate surface area is 138 Å². The molecule has 0 saturated heterocycles. The van der Waals surface area contributed by atoms with Crippen molar-refractivity contribution >= 4 is 17.6 Å². The Bertz CT molecular complexity index is 537. The maximum atomic E-state index is 12.0. The van der Waals surface area contributed by atoms with Crippen molar-refractivity contribution in [2.45, 2.75) is 32.1 Å². The molecule has 2 rings (SSSR count). The zero-order chi connectivity index (χ0) is 16.7. The van der Waals surface area contributed by atoms with E-state index in [4.69, 9.17) is 4.74 Å². The SMILES string of the molecule is CN(C)c1cccc(C(=O)OCC(=O)NCC2CCCCC2)c1. The van der Waals surface area contributed by atoms with Crippen LogP contribution in [0.15, 0.2) is 24.3 Å². The number of nitrogens with one attached hydrogen (secondary N) is 1. The minimum absolute atomic E-state index is 0.224. The van der Waals surface area contributed by atoms with Gasteiger partial charge in [0.05, 0.1) is 5.56 Å². The lowest BCUT2D eigenvalue weighted by molar-refractivity contribution is -0.124. The number of nitrogens with zero attached hydrogens (tertiary/aromatic N) is 1. The lowest BCUT2D eigenvalue weighted by Gasteiger charge is -2.21. The number of hydrogen-bond acceptors (Lipinski definition) is 4. The summed E-state index contributed by atoms with van der Waals surface area (Å²) in [5.41, 5.74) is 1.37. The Morgan fingerprint density at radius 3 is 2.65 bits per heavy atom. The van der Waals surface area contributed by atoms with Crippen molar-refractivity contribution < 1.29 is 14.3 Å². The molecule has 1 N–H and O–H groups in total. The Morgan fingerprint density at radius 2 is 1.96 bits per heavy atom. The number of carbonyl (C=O) groups excluding carboxylic acids is 2. The normalized spacial score (nSPS) is 15.0. The van der Waals surface area contributed by atoms with Crippen LogP contribution in [0.3, 0.4) is 0 Å². The molecule has 0 heterocycles. The molecule has 1 saturated carbocycles. The van der Waals surface area contributed by atoms with Gasteiger partial charge in [-0.15, -0.1) is 0 Å². The predicted octanol–water partition coefficient (Wildman–Crippen LogP) is 2.61. The van der Waals surface area contributed by atoms with E-state index in [0.717, 1.165) is 5.69 Å². The van der Waals surface area contributed by atoms with E-state index in [1.165, 1.54) is 32.1 Å². The van der Waals surface area contributed by atoms with Gasteiger partial charge in [0.15, 0.2) is 6.61 Å². The van der Waals surface area contributed by atoms with Gasteiger partial charge < -0.3 is 15.0 Å². The lowest BCUT2D eigenvalue weighted by atomic mass is 9.89. The monoisotopic (exact) mass is 318 g/mol. The van der Waals surface area contributed by atoms with Crippen LogP contribution in [-0.2, 0) is 9.53 Å². The van der Waals surface area contributed by atoms with Gasteiger partial charge in [-0.05, 0) is 37.0 Å². The van der Waals surface area contributed by atoms with Crippen molar-refractivity contribution in [2.24, 2.45) is 5.92 Å². The number of anilines is 1. The first kappa shape index (κ1) is 17.3. The number of rotatable bonds is 6. The van der Waals surface area contributed by atoms with Gasteiger partial charge in [-0.3, -0.25) is 4.79 Å². The molecule has 1 aliphatic rings. The molecule has 0 aliphatic heterocycles. The van der Waals surface area contributed by atoms with Crippen LogP contribution >= 0.6 is 0 Å². The Morgan fingerprint density at radius 1 is 1.22 bits per heavy atom. The summed E-state index contributed by atoms with van der Waals surface area (Å²) in [5.74, 6) is -0.130. The highest BCUT2D eigenvalue weighted by Crippen LogP contribution is 2.22. The summed E-state index contributed by atoms with van der Waals surface area (Å²) in [6.07, 6.45) is 6.15. The largest absolute Gasteiger partial charge is 0.452 e. The molecule has 0 aromatic heterocycles. The minimum Gasteiger partial charge on any atom is -0.452 e. The third kappa shape index (κ3) is 5.58. The van der Waals surface area contributed by atoms with Gasteiger partial charge in [-0.2, -0.15) is 0 Å². The van der Waals surface area contributed by atoms with E-state index in [-0.39, 0.29) is 12.5 Å². The zero-order valence-electron chi connectivity index (χ0n) is 14.0. The van der Waals surface area contributed by atoms with Gasteiger partial charge >= 0.3 is 5.97 Å². The van der Waals surface area contributed by atoms with Crippen LogP contribution in [0.1, 0.15) is 42.5 Å². The lowest BCUT2D eigenvalue weighted by Crippen LogP contribution is -2.33. The van der Waals surface area contributed by atoms with Gasteiger partial charge in [0, 0.05) is 26.3 Å². The highest BCUT2D eigenvalue weighted by molar-refractivity contribution is 5.92. The average molecular weight is 318 g/mol. The molecule has 1 aromatic carbocycles. The van der Waals surface area contributed by atoms with Gasteiger partial charge in [-0.25, -0.2) is 4.79 Å². The fourth-order valence-corrected chi connectivity index (χ4v) is 2.83. The summed E-state index contributed by atoms with van der Waals surface area (Å²) in [6.45, 7) is 0.463. The van der Waals surface area contributed by atoms with Crippen LogP contribution in [0.25, 0.3) is 0 Å². The number of ether oxygens (including phenoxy) is 1. The Hall–Kier alpha value is -2.04. The molecule has 1 aliphatic carbocycles. The highest BCUT2D eigenvalue weighted by atomic mass is 16.5. The maximum Gasteiger partial charge on any atom is 0.338 e. The molecule has 0 spiro atoms. The van der Waals surface area contributed by atoms with E-state index in [2.05, 4.69) is 5.32 Å². The van der Waals surface area contributed by atoms with Gasteiger partial charge in [0.2, 0.25) is 0 Å². The van der Waals surface area contributed by atoms with Crippen LogP contribution in [0.5, 0.6) is 0 Å². The topological polar surface area (TPSA) is 58.6 Å². The quantitative estimate of drug-likeness (QED) is 0.819. The fraction of sp³-hybridized carbons (Fsp3) is 0.556. The second kappa shape index (κ2) is 8.56. The van der Waals surface area contributed by atoms with E-state index in [1.54, 1.807) is 18.2 Å². The van der Waals surface area contributed by atoms with Crippen LogP contribution in [-0.4, -0.2) is 39.1 Å². The van der Waals surface area contributed by atoms with Crippen molar-refractivity contribution in [1.82, 2.24) is 5.32 Å². The van der Waals surface area contributed by atoms with Crippen molar-refractivity contribution in [1.29, 1.82) is 0 Å². The number of esters is 1. The van der Waals surface area contributed by atoms with E-state index in [0.29, 0.717) is 18.0 Å². The molecule has 1 fully saturated rings. The van der Waals surface area contributed by atoms with Crippen molar-refractivity contribution in [3.05, 3.63) is 29.8 Å². The average Bonchev–Trinajstić information content (AvgIpc) is 2.58. The van der Waals surface area contributed by atoms with E-state index >= 15 is 0 Å². The van der Waals surface area contributed by atoms with Crippen molar-refractivity contribution in [3.8, 4) is 0 Å². The first-order chi connectivity index (χ1) is 11.1. The summed E-state index contributed by atoms with van der Waals surface area (Å²) >= 11 is 0. The Kier molecular flexibility index (Phi) is 6.44. The summed E-state index contributed by atoms with van der Waals surface area (Å²) in [6, 6.07) is 7.15. The minimum atomic E-state index is -0.471. The van der Waals surface area contributed by atoms with Crippen LogP contribution in [0, 0.1) is 5.92 Å². The summed E-state index contributed by atoms with van der Waals surface area (Å²) < 4.78 is 5.10. The molecule has 23 heavy (non-hydrogen) atoms. The molecule has 0 atom stereocenters. The number of amides is 1. The molecule has 0 bridgehead atoms. The second-order valence-corrected chi connectivity index (χ2v) is 6.33. The van der Waals surface area contributed by atoms with Crippen LogP contribution in [0.4, 0.5) is 5.69 Å². The fourth-order valence-electron chi connectivity index (χ4n) is 2.83. The third-order valence-electron chi connectivity index (χ3n) is 4.25. The first-order valence-electron chi connectivity index (χ1n) is 8.27. The van der Waals surface area contributed by atoms with Gasteiger partial charge in [0.1, 0.15) is 0 Å². The van der Waals surface area contributed by atoms with Gasteiger partial charge in [0.25, 0.3) is 5.91 Å². The second-order valence-electron chi connectivity index (χ2n) is 6.33. The summed E-state index contributed by atoms with van der Waals surface area (Å²) in [5, 5.41) is 2.86. The molecule has 5 nitrogen and oxygen atoms in total. The molecule has 0 unspecified atom stereocenters. The highest BCUT2D eigenvalue weighted by Gasteiger charge is 2.15. The van der Waals surface area contributed by atoms with E-state index in [9.17, 15) is 9.59 Å². The molecule has 5 heteroatoms. The summed E-state index contributed by atoms with van der Waals surface area (Å²) in [4.78, 5) is 25.7. The molecule has 126 valence electrons. The number of carbonyl (C=O) groups is 2. The van der Waals surface area contributed by atoms with E-state index < -0.39 is 5.97 Å². The van der Waals surface area contributed by atoms with E-state index in [1.807, 2.05) is 25.1 Å². The third-order valence-corrected chi connectivity index (χ3v) is 4.25. The van der Waals surface area contributed by atoms with Gasteiger partial charge in [-0.1, -0.05) is 25.3 Å². The van der Waals surface area contributed by atoms with Crippen LogP contribution in [0.2, 0.25) is 0 Å². The molecule has 1 amide bonds. The maximum absolute atomic E-state index is 12.0. The first-order valence-corrected chi connectivity index (χ1v) is 8.27. The van der Waals surface area contributed by atoms with Crippen molar-refractivity contribution in [3.63, 3.8) is 0 Å².